The number of nitrogens with zero attached hydrogens (tertiary/aromatic N) is 4. The van der Waals surface area contributed by atoms with Gasteiger partial charge >= 0.3 is 0 Å². The quantitative estimate of drug-likeness (QED) is 0.337. The second-order valence-corrected chi connectivity index (χ2v) is 8.50. The van der Waals surface area contributed by atoms with Gasteiger partial charge < -0.3 is 15.1 Å². The van der Waals surface area contributed by atoms with Crippen molar-refractivity contribution >= 4 is 47.2 Å². The largest absolute Gasteiger partial charge is 0.357 e. The number of nitrogens with one attached hydrogen (secondary N) is 1. The molecule has 1 fully saturated rings. The molecular formula is C22H32IN5OS. The van der Waals surface area contributed by atoms with Crippen molar-refractivity contribution in [1.29, 1.82) is 0 Å². The molecule has 1 aliphatic rings. The van der Waals surface area contributed by atoms with Gasteiger partial charge in [-0.15, -0.1) is 35.3 Å². The number of hydrogen-bond donors (Lipinski definition) is 1. The summed E-state index contributed by atoms with van der Waals surface area (Å²) in [5, 5.41) is 6.51. The molecule has 1 aromatic heterocycles. The Kier molecular flexibility index (Phi) is 10.0. The van der Waals surface area contributed by atoms with Crippen LogP contribution in [-0.4, -0.2) is 53.3 Å². The molecule has 0 spiro atoms. The predicted octanol–water partition coefficient (Wildman–Crippen LogP) is 4.29. The highest BCUT2D eigenvalue weighted by Crippen LogP contribution is 2.14. The van der Waals surface area contributed by atoms with Gasteiger partial charge in [0.1, 0.15) is 0 Å². The molecule has 0 atom stereocenters. The molecule has 1 aliphatic heterocycles. The number of thiazole rings is 1. The van der Waals surface area contributed by atoms with E-state index in [0.29, 0.717) is 6.54 Å². The molecule has 2 heterocycles. The molecule has 30 heavy (non-hydrogen) atoms. The maximum atomic E-state index is 12.6. The fourth-order valence-corrected chi connectivity index (χ4v) is 4.07. The van der Waals surface area contributed by atoms with E-state index in [1.165, 1.54) is 6.42 Å². The van der Waals surface area contributed by atoms with Crippen LogP contribution in [0.15, 0.2) is 34.6 Å². The first-order valence-electron chi connectivity index (χ1n) is 10.4. The summed E-state index contributed by atoms with van der Waals surface area (Å²) in [5.41, 5.74) is 2.91. The number of carbonyl (C=O) groups is 1. The van der Waals surface area contributed by atoms with Gasteiger partial charge in [-0.05, 0) is 50.8 Å². The maximum Gasteiger partial charge on any atom is 0.253 e. The molecule has 0 radical (unpaired) electrons. The lowest BCUT2D eigenvalue weighted by Crippen LogP contribution is -2.38. The van der Waals surface area contributed by atoms with Gasteiger partial charge in [-0.1, -0.05) is 12.1 Å². The highest BCUT2D eigenvalue weighted by atomic mass is 127. The number of benzene rings is 1. The molecule has 0 bridgehead atoms. The zero-order valence-electron chi connectivity index (χ0n) is 18.1. The first-order valence-corrected chi connectivity index (χ1v) is 11.2. The number of aromatic nitrogens is 1. The number of rotatable bonds is 6. The van der Waals surface area contributed by atoms with E-state index in [9.17, 15) is 4.79 Å². The normalized spacial score (nSPS) is 14.2. The SMILES string of the molecule is CCNC(=NCc1ccc(C(=O)N2CCCCC2)cc1)N(C)Cc1csc(C)n1.I. The van der Waals surface area contributed by atoms with Gasteiger partial charge in [-0.2, -0.15) is 0 Å². The van der Waals surface area contributed by atoms with Gasteiger partial charge in [-0.3, -0.25) is 4.79 Å². The minimum absolute atomic E-state index is 0. The molecule has 8 heteroatoms. The van der Waals surface area contributed by atoms with Crippen molar-refractivity contribution in [1.82, 2.24) is 20.1 Å². The maximum absolute atomic E-state index is 12.6. The second kappa shape index (κ2) is 12.2. The van der Waals surface area contributed by atoms with Crippen molar-refractivity contribution in [2.45, 2.75) is 46.2 Å². The molecule has 1 saturated heterocycles. The van der Waals surface area contributed by atoms with Gasteiger partial charge in [0.2, 0.25) is 0 Å². The Bertz CT molecular complexity index is 830. The zero-order valence-corrected chi connectivity index (χ0v) is 21.2. The van der Waals surface area contributed by atoms with Crippen molar-refractivity contribution in [3.63, 3.8) is 0 Å². The Morgan fingerprint density at radius 2 is 1.93 bits per heavy atom. The Morgan fingerprint density at radius 1 is 1.23 bits per heavy atom. The van der Waals surface area contributed by atoms with Crippen LogP contribution < -0.4 is 5.32 Å². The highest BCUT2D eigenvalue weighted by molar-refractivity contribution is 14.0. The summed E-state index contributed by atoms with van der Waals surface area (Å²) in [6, 6.07) is 7.87. The van der Waals surface area contributed by atoms with E-state index in [2.05, 4.69) is 27.5 Å². The fourth-order valence-electron chi connectivity index (χ4n) is 3.47. The lowest BCUT2D eigenvalue weighted by atomic mass is 10.1. The minimum Gasteiger partial charge on any atom is -0.357 e. The lowest BCUT2D eigenvalue weighted by Gasteiger charge is -2.26. The molecule has 3 rings (SSSR count). The van der Waals surface area contributed by atoms with Crippen molar-refractivity contribution in [3.05, 3.63) is 51.5 Å². The molecule has 6 nitrogen and oxygen atoms in total. The van der Waals surface area contributed by atoms with Crippen molar-refractivity contribution in [2.75, 3.05) is 26.7 Å². The number of hydrogen-bond acceptors (Lipinski definition) is 4. The average molecular weight is 542 g/mol. The number of likely N-dealkylation sites (tertiary alicyclic amines) is 1. The third-order valence-corrected chi connectivity index (χ3v) is 5.84. The molecule has 0 aliphatic carbocycles. The van der Waals surface area contributed by atoms with Gasteiger partial charge in [0.05, 0.1) is 23.8 Å². The number of guanidine groups is 1. The van der Waals surface area contributed by atoms with Crippen LogP contribution in [0, 0.1) is 6.92 Å². The number of aliphatic imine (C=N–C) groups is 1. The standard InChI is InChI=1S/C22H31N5OS.HI/c1-4-23-22(26(3)15-20-16-29-17(2)25-20)24-14-18-8-10-19(11-9-18)21(28)27-12-6-5-7-13-27;/h8-11,16H,4-7,12-15H2,1-3H3,(H,23,24);1H. The van der Waals surface area contributed by atoms with Crippen LogP contribution in [0.2, 0.25) is 0 Å². The van der Waals surface area contributed by atoms with Crippen LogP contribution in [0.25, 0.3) is 0 Å². The van der Waals surface area contributed by atoms with Crippen LogP contribution in [0.5, 0.6) is 0 Å². The Labute approximate surface area is 200 Å². The summed E-state index contributed by atoms with van der Waals surface area (Å²) in [5.74, 6) is 0.998. The topological polar surface area (TPSA) is 60.8 Å². The monoisotopic (exact) mass is 541 g/mol. The number of amides is 1. The molecule has 164 valence electrons. The zero-order chi connectivity index (χ0) is 20.6. The van der Waals surface area contributed by atoms with Crippen molar-refractivity contribution in [2.24, 2.45) is 4.99 Å². The summed E-state index contributed by atoms with van der Waals surface area (Å²) >= 11 is 1.67. The molecule has 0 unspecified atom stereocenters. The first-order chi connectivity index (χ1) is 14.1. The van der Waals surface area contributed by atoms with Crippen molar-refractivity contribution < 1.29 is 4.79 Å². The summed E-state index contributed by atoms with van der Waals surface area (Å²) in [7, 11) is 2.02. The minimum atomic E-state index is 0. The lowest BCUT2D eigenvalue weighted by molar-refractivity contribution is 0.0724. The van der Waals surface area contributed by atoms with Crippen molar-refractivity contribution in [3.8, 4) is 0 Å². The third-order valence-electron chi connectivity index (χ3n) is 5.02. The Morgan fingerprint density at radius 3 is 2.53 bits per heavy atom. The first kappa shape index (κ1) is 24.6. The van der Waals surface area contributed by atoms with E-state index in [-0.39, 0.29) is 29.9 Å². The molecule has 0 saturated carbocycles. The Balaban J connectivity index is 0.00000320. The van der Waals surface area contributed by atoms with E-state index < -0.39 is 0 Å². The van der Waals surface area contributed by atoms with E-state index in [1.807, 2.05) is 43.1 Å². The van der Waals surface area contributed by atoms with Crippen LogP contribution >= 0.6 is 35.3 Å². The van der Waals surface area contributed by atoms with E-state index in [1.54, 1.807) is 11.3 Å². The van der Waals surface area contributed by atoms with Crippen LogP contribution in [0.1, 0.15) is 52.8 Å². The Hall–Kier alpha value is -1.68. The second-order valence-electron chi connectivity index (χ2n) is 7.43. The summed E-state index contributed by atoms with van der Waals surface area (Å²) < 4.78 is 0. The van der Waals surface area contributed by atoms with E-state index in [4.69, 9.17) is 4.99 Å². The molecular weight excluding hydrogens is 509 g/mol. The van der Waals surface area contributed by atoms with Gasteiger partial charge in [0.25, 0.3) is 5.91 Å². The smallest absolute Gasteiger partial charge is 0.253 e. The fraction of sp³-hybridized carbons (Fsp3) is 0.500. The molecule has 1 aromatic carbocycles. The van der Waals surface area contributed by atoms with E-state index in [0.717, 1.165) is 66.8 Å². The summed E-state index contributed by atoms with van der Waals surface area (Å²) in [6.45, 7) is 7.94. The van der Waals surface area contributed by atoms with Gasteiger partial charge in [-0.25, -0.2) is 9.98 Å². The highest BCUT2D eigenvalue weighted by Gasteiger charge is 2.17. The number of carbonyl (C=O) groups excluding carboxylic acids is 1. The molecule has 1 amide bonds. The van der Waals surface area contributed by atoms with Crippen LogP contribution in [0.4, 0.5) is 0 Å². The summed E-state index contributed by atoms with van der Waals surface area (Å²) in [4.78, 5) is 26.0. The number of piperidine rings is 1. The predicted molar refractivity (Wildman–Crippen MR) is 135 cm³/mol. The molecule has 2 aromatic rings. The third kappa shape index (κ3) is 6.94. The van der Waals surface area contributed by atoms with Crippen LogP contribution in [-0.2, 0) is 13.1 Å². The van der Waals surface area contributed by atoms with E-state index >= 15 is 0 Å². The average Bonchev–Trinajstić information content (AvgIpc) is 3.16. The van der Waals surface area contributed by atoms with Gasteiger partial charge in [0.15, 0.2) is 5.96 Å². The number of aryl methyl sites for hydroxylation is 1. The van der Waals surface area contributed by atoms with Gasteiger partial charge in [0, 0.05) is 37.6 Å². The van der Waals surface area contributed by atoms with Crippen LogP contribution in [0.3, 0.4) is 0 Å². The molecule has 1 N–H and O–H groups in total. The summed E-state index contributed by atoms with van der Waals surface area (Å²) in [6.07, 6.45) is 3.45. The number of halogens is 1.